The highest BCUT2D eigenvalue weighted by Crippen LogP contribution is 2.21. The van der Waals surface area contributed by atoms with Crippen LogP contribution in [0.5, 0.6) is 5.75 Å². The Hall–Kier alpha value is -4.40. The van der Waals surface area contributed by atoms with Crippen LogP contribution in [-0.2, 0) is 0 Å². The Balaban J connectivity index is 1.40. The predicted octanol–water partition coefficient (Wildman–Crippen LogP) is 2.65. The van der Waals surface area contributed by atoms with Crippen molar-refractivity contribution < 1.29 is 14.3 Å². The number of aromatic amines is 1. The van der Waals surface area contributed by atoms with Gasteiger partial charge in [0.15, 0.2) is 5.69 Å². The Kier molecular flexibility index (Phi) is 5.48. The van der Waals surface area contributed by atoms with E-state index in [0.717, 1.165) is 22.7 Å². The summed E-state index contributed by atoms with van der Waals surface area (Å²) in [6.07, 6.45) is 0. The minimum atomic E-state index is -0.528. The largest absolute Gasteiger partial charge is 0.497 e. The minimum absolute atomic E-state index is 0.185. The van der Waals surface area contributed by atoms with Crippen LogP contribution in [0.15, 0.2) is 66.7 Å². The maximum Gasteiger partial charge on any atom is 0.290 e. The van der Waals surface area contributed by atoms with Crippen molar-refractivity contribution in [1.82, 2.24) is 30.8 Å². The van der Waals surface area contributed by atoms with E-state index in [0.29, 0.717) is 5.69 Å². The molecule has 2 aromatic carbocycles. The number of aromatic nitrogens is 4. The maximum atomic E-state index is 12.4. The molecule has 0 spiro atoms. The van der Waals surface area contributed by atoms with E-state index in [1.165, 1.54) is 0 Å². The van der Waals surface area contributed by atoms with Gasteiger partial charge in [-0.2, -0.15) is 10.2 Å². The molecule has 156 valence electrons. The van der Waals surface area contributed by atoms with Crippen LogP contribution in [0.4, 0.5) is 0 Å². The normalized spacial score (nSPS) is 10.5. The van der Waals surface area contributed by atoms with Crippen molar-refractivity contribution in [2.45, 2.75) is 6.92 Å². The summed E-state index contributed by atoms with van der Waals surface area (Å²) < 4.78 is 6.79. The number of methoxy groups -OCH3 is 1. The van der Waals surface area contributed by atoms with Crippen LogP contribution in [0.1, 0.15) is 26.7 Å². The standard InChI is InChI=1S/C22H20N6O3/c1-14-12-20(27-28(14)16-6-4-3-5-7-16)22(30)26-25-21(29)19-13-18(23-24-19)15-8-10-17(31-2)11-9-15/h3-13H,1-2H3,(H,23,24)(H,25,29)(H,26,30). The summed E-state index contributed by atoms with van der Waals surface area (Å²) in [5.74, 6) is -0.328. The highest BCUT2D eigenvalue weighted by atomic mass is 16.5. The van der Waals surface area contributed by atoms with Gasteiger partial charge in [0, 0.05) is 11.3 Å². The number of carbonyl (C=O) groups is 2. The number of para-hydroxylation sites is 1. The molecule has 0 bridgehead atoms. The quantitative estimate of drug-likeness (QED) is 0.433. The highest BCUT2D eigenvalue weighted by molar-refractivity contribution is 5.97. The number of nitrogens with one attached hydrogen (secondary N) is 3. The molecular weight excluding hydrogens is 396 g/mol. The van der Waals surface area contributed by atoms with E-state index in [2.05, 4.69) is 26.1 Å². The lowest BCUT2D eigenvalue weighted by Crippen LogP contribution is -2.42. The number of hydrogen-bond donors (Lipinski definition) is 3. The zero-order chi connectivity index (χ0) is 21.8. The SMILES string of the molecule is COc1ccc(-c2cc(C(=O)NNC(=O)c3cc(C)n(-c4ccccc4)n3)[nH]n2)cc1. The molecule has 0 saturated heterocycles. The fourth-order valence-electron chi connectivity index (χ4n) is 3.01. The van der Waals surface area contributed by atoms with E-state index in [4.69, 9.17) is 4.74 Å². The number of rotatable bonds is 5. The topological polar surface area (TPSA) is 114 Å². The van der Waals surface area contributed by atoms with Gasteiger partial charge in [0.25, 0.3) is 11.8 Å². The number of nitrogens with zero attached hydrogens (tertiary/aromatic N) is 3. The van der Waals surface area contributed by atoms with Gasteiger partial charge in [0.2, 0.25) is 0 Å². The molecule has 31 heavy (non-hydrogen) atoms. The average Bonchev–Trinajstić information content (AvgIpc) is 3.45. The molecule has 4 rings (SSSR count). The van der Waals surface area contributed by atoms with Crippen LogP contribution in [0.2, 0.25) is 0 Å². The fourth-order valence-corrected chi connectivity index (χ4v) is 3.01. The summed E-state index contributed by atoms with van der Waals surface area (Å²) in [5, 5.41) is 11.1. The van der Waals surface area contributed by atoms with Crippen molar-refractivity contribution in [3.05, 3.63) is 83.8 Å². The molecule has 2 heterocycles. The molecule has 9 heteroatoms. The molecule has 0 saturated carbocycles. The second-order valence-electron chi connectivity index (χ2n) is 6.72. The first-order valence-electron chi connectivity index (χ1n) is 9.48. The molecule has 3 N–H and O–H groups in total. The number of aryl methyl sites for hydroxylation is 1. The van der Waals surface area contributed by atoms with Gasteiger partial charge >= 0.3 is 0 Å². The Morgan fingerprint density at radius 3 is 2.39 bits per heavy atom. The van der Waals surface area contributed by atoms with Crippen LogP contribution < -0.4 is 15.6 Å². The van der Waals surface area contributed by atoms with Crippen molar-refractivity contribution in [3.8, 4) is 22.7 Å². The van der Waals surface area contributed by atoms with E-state index in [1.54, 1.807) is 36.1 Å². The predicted molar refractivity (Wildman–Crippen MR) is 114 cm³/mol. The van der Waals surface area contributed by atoms with E-state index < -0.39 is 11.8 Å². The number of ether oxygens (including phenoxy) is 1. The van der Waals surface area contributed by atoms with Crippen LogP contribution >= 0.6 is 0 Å². The monoisotopic (exact) mass is 416 g/mol. The second-order valence-corrected chi connectivity index (χ2v) is 6.72. The van der Waals surface area contributed by atoms with E-state index in [1.807, 2.05) is 49.4 Å². The van der Waals surface area contributed by atoms with Gasteiger partial charge in [-0.25, -0.2) is 4.68 Å². The van der Waals surface area contributed by atoms with Crippen molar-refractivity contribution >= 4 is 11.8 Å². The minimum Gasteiger partial charge on any atom is -0.497 e. The molecule has 0 atom stereocenters. The Morgan fingerprint density at radius 2 is 1.68 bits per heavy atom. The molecule has 2 aromatic heterocycles. The third-order valence-corrected chi connectivity index (χ3v) is 4.62. The number of hydrogen-bond acceptors (Lipinski definition) is 5. The molecule has 0 radical (unpaired) electrons. The van der Waals surface area contributed by atoms with Crippen LogP contribution in [0, 0.1) is 6.92 Å². The molecule has 0 unspecified atom stereocenters. The lowest BCUT2D eigenvalue weighted by Gasteiger charge is -2.04. The Morgan fingerprint density at radius 1 is 0.968 bits per heavy atom. The number of hydrazine groups is 1. The third-order valence-electron chi connectivity index (χ3n) is 4.62. The first-order valence-corrected chi connectivity index (χ1v) is 9.48. The summed E-state index contributed by atoms with van der Waals surface area (Å²) in [6.45, 7) is 1.85. The van der Waals surface area contributed by atoms with E-state index in [-0.39, 0.29) is 11.4 Å². The third kappa shape index (κ3) is 4.30. The van der Waals surface area contributed by atoms with Crippen molar-refractivity contribution in [2.24, 2.45) is 0 Å². The molecular formula is C22H20N6O3. The van der Waals surface area contributed by atoms with Crippen LogP contribution in [-0.4, -0.2) is 38.9 Å². The van der Waals surface area contributed by atoms with Gasteiger partial charge in [0.05, 0.1) is 18.5 Å². The molecule has 2 amide bonds. The summed E-state index contributed by atoms with van der Waals surface area (Å²) in [6, 6.07) is 20.0. The summed E-state index contributed by atoms with van der Waals surface area (Å²) in [7, 11) is 1.59. The summed E-state index contributed by atoms with van der Waals surface area (Å²) in [5.41, 5.74) is 8.18. The second kappa shape index (κ2) is 8.54. The fraction of sp³-hybridized carbons (Fsp3) is 0.0909. The number of benzene rings is 2. The molecule has 0 aliphatic heterocycles. The number of amides is 2. The first-order chi connectivity index (χ1) is 15.0. The van der Waals surface area contributed by atoms with Gasteiger partial charge in [-0.1, -0.05) is 18.2 Å². The number of carbonyl (C=O) groups excluding carboxylic acids is 2. The molecule has 4 aromatic rings. The Bertz CT molecular complexity index is 1210. The zero-order valence-electron chi connectivity index (χ0n) is 16.9. The smallest absolute Gasteiger partial charge is 0.290 e. The van der Waals surface area contributed by atoms with Crippen LogP contribution in [0.3, 0.4) is 0 Å². The van der Waals surface area contributed by atoms with E-state index in [9.17, 15) is 9.59 Å². The lowest BCUT2D eigenvalue weighted by molar-refractivity contribution is 0.0841. The molecule has 0 fully saturated rings. The number of H-pyrrole nitrogens is 1. The molecule has 0 aliphatic rings. The van der Waals surface area contributed by atoms with Gasteiger partial charge < -0.3 is 4.74 Å². The van der Waals surface area contributed by atoms with Gasteiger partial charge in [-0.3, -0.25) is 25.5 Å². The average molecular weight is 416 g/mol. The van der Waals surface area contributed by atoms with Crippen LogP contribution in [0.25, 0.3) is 16.9 Å². The van der Waals surface area contributed by atoms with Gasteiger partial charge in [-0.05, 0) is 55.5 Å². The van der Waals surface area contributed by atoms with Gasteiger partial charge in [-0.15, -0.1) is 0 Å². The Labute approximate surface area is 178 Å². The maximum absolute atomic E-state index is 12.4. The van der Waals surface area contributed by atoms with Crippen molar-refractivity contribution in [1.29, 1.82) is 0 Å². The first kappa shape index (κ1) is 19.9. The summed E-state index contributed by atoms with van der Waals surface area (Å²) >= 11 is 0. The van der Waals surface area contributed by atoms with Crippen molar-refractivity contribution in [2.75, 3.05) is 7.11 Å². The summed E-state index contributed by atoms with van der Waals surface area (Å²) in [4.78, 5) is 24.8. The van der Waals surface area contributed by atoms with E-state index >= 15 is 0 Å². The van der Waals surface area contributed by atoms with Crippen molar-refractivity contribution in [3.63, 3.8) is 0 Å². The lowest BCUT2D eigenvalue weighted by atomic mass is 10.1. The molecule has 9 nitrogen and oxygen atoms in total. The highest BCUT2D eigenvalue weighted by Gasteiger charge is 2.16. The zero-order valence-corrected chi connectivity index (χ0v) is 16.9. The van der Waals surface area contributed by atoms with Gasteiger partial charge in [0.1, 0.15) is 11.4 Å². The molecule has 0 aliphatic carbocycles.